The number of amides is 1. The summed E-state index contributed by atoms with van der Waals surface area (Å²) in [6.07, 6.45) is 0. The highest BCUT2D eigenvalue weighted by atomic mass is 16.2. The van der Waals surface area contributed by atoms with Crippen LogP contribution in [0, 0.1) is 13.8 Å². The van der Waals surface area contributed by atoms with Crippen molar-refractivity contribution >= 4 is 17.4 Å². The minimum atomic E-state index is -0.725. The average Bonchev–Trinajstić information content (AvgIpc) is 3.14. The number of benzene rings is 2. The van der Waals surface area contributed by atoms with Crippen LogP contribution in [0.25, 0.3) is 5.69 Å². The van der Waals surface area contributed by atoms with Crippen LogP contribution in [0.5, 0.6) is 0 Å². The van der Waals surface area contributed by atoms with E-state index in [1.807, 2.05) is 50.2 Å². The maximum Gasteiger partial charge on any atom is 0.330 e. The molecule has 2 heterocycles. The molecule has 4 aromatic rings. The van der Waals surface area contributed by atoms with E-state index in [0.717, 1.165) is 27.5 Å². The van der Waals surface area contributed by atoms with Gasteiger partial charge in [0.2, 0.25) is 0 Å². The van der Waals surface area contributed by atoms with E-state index >= 15 is 0 Å². The van der Waals surface area contributed by atoms with Gasteiger partial charge in [0, 0.05) is 18.3 Å². The van der Waals surface area contributed by atoms with Gasteiger partial charge < -0.3 is 10.6 Å². The SMILES string of the molecule is Cc1cc(C)n(-c2ccc(C(=O)N(C)c3c(N)n(Cc4ccccc4)c(=O)[nH]c3=O)cc2)n1. The molecule has 0 unspecified atom stereocenters. The third-order valence-corrected chi connectivity index (χ3v) is 5.41. The van der Waals surface area contributed by atoms with E-state index in [-0.39, 0.29) is 18.1 Å². The van der Waals surface area contributed by atoms with Crippen LogP contribution >= 0.6 is 0 Å². The first-order chi connectivity index (χ1) is 15.8. The van der Waals surface area contributed by atoms with Crippen LogP contribution in [0.3, 0.4) is 0 Å². The predicted molar refractivity (Wildman–Crippen MR) is 127 cm³/mol. The van der Waals surface area contributed by atoms with Crippen molar-refractivity contribution in [1.29, 1.82) is 0 Å². The van der Waals surface area contributed by atoms with Crippen LogP contribution in [0.2, 0.25) is 0 Å². The highest BCUT2D eigenvalue weighted by Crippen LogP contribution is 2.20. The van der Waals surface area contributed by atoms with Gasteiger partial charge in [-0.15, -0.1) is 0 Å². The summed E-state index contributed by atoms with van der Waals surface area (Å²) in [5.41, 5.74) is 8.64. The molecule has 0 aliphatic heterocycles. The van der Waals surface area contributed by atoms with E-state index in [0.29, 0.717) is 5.56 Å². The molecule has 0 spiro atoms. The van der Waals surface area contributed by atoms with E-state index < -0.39 is 17.2 Å². The monoisotopic (exact) mass is 444 g/mol. The molecule has 2 aromatic carbocycles. The Morgan fingerprint density at radius 3 is 2.33 bits per heavy atom. The number of nitrogens with one attached hydrogen (secondary N) is 1. The lowest BCUT2D eigenvalue weighted by Gasteiger charge is -2.20. The molecular formula is C24H24N6O3. The zero-order chi connectivity index (χ0) is 23.7. The summed E-state index contributed by atoms with van der Waals surface area (Å²) < 4.78 is 3.03. The van der Waals surface area contributed by atoms with Gasteiger partial charge in [-0.2, -0.15) is 5.10 Å². The normalized spacial score (nSPS) is 10.9. The molecule has 4 rings (SSSR count). The number of aromatic amines is 1. The lowest BCUT2D eigenvalue weighted by Crippen LogP contribution is -2.39. The number of anilines is 2. The number of nitrogen functional groups attached to an aromatic ring is 1. The molecule has 0 aliphatic carbocycles. The third-order valence-electron chi connectivity index (χ3n) is 5.41. The van der Waals surface area contributed by atoms with Crippen molar-refractivity contribution < 1.29 is 4.79 Å². The number of aryl methyl sites for hydroxylation is 2. The van der Waals surface area contributed by atoms with Crippen LogP contribution < -0.4 is 21.9 Å². The van der Waals surface area contributed by atoms with Crippen LogP contribution in [0.1, 0.15) is 27.3 Å². The highest BCUT2D eigenvalue weighted by Gasteiger charge is 2.22. The second-order valence-electron chi connectivity index (χ2n) is 7.81. The smallest absolute Gasteiger partial charge is 0.330 e. The van der Waals surface area contributed by atoms with Gasteiger partial charge >= 0.3 is 5.69 Å². The molecule has 0 atom stereocenters. The average molecular weight is 444 g/mol. The third kappa shape index (κ3) is 4.20. The molecule has 33 heavy (non-hydrogen) atoms. The van der Waals surface area contributed by atoms with Crippen LogP contribution in [-0.4, -0.2) is 32.3 Å². The molecule has 2 aromatic heterocycles. The zero-order valence-electron chi connectivity index (χ0n) is 18.6. The molecule has 0 radical (unpaired) electrons. The van der Waals surface area contributed by atoms with Gasteiger partial charge in [-0.3, -0.25) is 19.1 Å². The number of hydrogen-bond acceptors (Lipinski definition) is 5. The maximum absolute atomic E-state index is 13.1. The van der Waals surface area contributed by atoms with Gasteiger partial charge in [-0.1, -0.05) is 30.3 Å². The summed E-state index contributed by atoms with van der Waals surface area (Å²) in [7, 11) is 1.45. The second kappa shape index (κ2) is 8.62. The van der Waals surface area contributed by atoms with Crippen LogP contribution in [0.15, 0.2) is 70.3 Å². The van der Waals surface area contributed by atoms with Gasteiger partial charge in [0.25, 0.3) is 11.5 Å². The van der Waals surface area contributed by atoms with Crippen molar-refractivity contribution in [2.24, 2.45) is 0 Å². The fourth-order valence-electron chi connectivity index (χ4n) is 3.76. The first kappa shape index (κ1) is 21.8. The largest absolute Gasteiger partial charge is 0.383 e. The van der Waals surface area contributed by atoms with Crippen LogP contribution in [-0.2, 0) is 6.54 Å². The number of H-pyrrole nitrogens is 1. The molecule has 0 aliphatic rings. The maximum atomic E-state index is 13.1. The first-order valence-electron chi connectivity index (χ1n) is 10.3. The number of rotatable bonds is 5. The number of aromatic nitrogens is 4. The molecule has 9 heteroatoms. The number of carbonyl (C=O) groups is 1. The summed E-state index contributed by atoms with van der Waals surface area (Å²) in [6.45, 7) is 4.02. The van der Waals surface area contributed by atoms with Crippen molar-refractivity contribution in [2.75, 3.05) is 17.7 Å². The number of nitrogens with zero attached hydrogens (tertiary/aromatic N) is 4. The van der Waals surface area contributed by atoms with Crippen LogP contribution in [0.4, 0.5) is 11.5 Å². The molecule has 3 N–H and O–H groups in total. The Kier molecular flexibility index (Phi) is 5.70. The molecule has 0 saturated carbocycles. The van der Waals surface area contributed by atoms with Crippen molar-refractivity contribution in [3.05, 3.63) is 104 Å². The molecular weight excluding hydrogens is 420 g/mol. The second-order valence-corrected chi connectivity index (χ2v) is 7.81. The zero-order valence-corrected chi connectivity index (χ0v) is 18.6. The Balaban J connectivity index is 1.66. The fraction of sp³-hybridized carbons (Fsp3) is 0.167. The highest BCUT2D eigenvalue weighted by molar-refractivity contribution is 6.06. The lowest BCUT2D eigenvalue weighted by atomic mass is 10.1. The summed E-state index contributed by atoms with van der Waals surface area (Å²) in [4.78, 5) is 41.5. The van der Waals surface area contributed by atoms with Gasteiger partial charge in [0.05, 0.1) is 17.9 Å². The van der Waals surface area contributed by atoms with E-state index in [9.17, 15) is 14.4 Å². The Labute approximate surface area is 189 Å². The summed E-state index contributed by atoms with van der Waals surface area (Å²) >= 11 is 0. The molecule has 9 nitrogen and oxygen atoms in total. The Bertz CT molecular complexity index is 1430. The predicted octanol–water partition coefficient (Wildman–Crippen LogP) is 2.25. The van der Waals surface area contributed by atoms with Gasteiger partial charge in [-0.25, -0.2) is 9.48 Å². The topological polar surface area (TPSA) is 119 Å². The first-order valence-corrected chi connectivity index (χ1v) is 10.3. The van der Waals surface area contributed by atoms with Gasteiger partial charge in [0.1, 0.15) is 5.82 Å². The quantitative estimate of drug-likeness (QED) is 0.489. The van der Waals surface area contributed by atoms with E-state index in [1.54, 1.807) is 28.9 Å². The number of nitrogens with two attached hydrogens (primary N) is 1. The van der Waals surface area contributed by atoms with E-state index in [2.05, 4.69) is 10.1 Å². The lowest BCUT2D eigenvalue weighted by molar-refractivity contribution is 0.0992. The molecule has 1 amide bonds. The molecule has 0 bridgehead atoms. The minimum Gasteiger partial charge on any atom is -0.383 e. The van der Waals surface area contributed by atoms with Crippen molar-refractivity contribution in [1.82, 2.24) is 19.3 Å². The molecule has 168 valence electrons. The number of carbonyl (C=O) groups excluding carboxylic acids is 1. The van der Waals surface area contributed by atoms with E-state index in [4.69, 9.17) is 5.73 Å². The Hall–Kier alpha value is -4.40. The van der Waals surface area contributed by atoms with E-state index in [1.165, 1.54) is 11.6 Å². The van der Waals surface area contributed by atoms with Gasteiger partial charge in [0.15, 0.2) is 5.69 Å². The fourth-order valence-corrected chi connectivity index (χ4v) is 3.76. The van der Waals surface area contributed by atoms with Crippen molar-refractivity contribution in [3.8, 4) is 5.69 Å². The summed E-state index contributed by atoms with van der Waals surface area (Å²) in [6, 6.07) is 18.1. The minimum absolute atomic E-state index is 0.0808. The standard InChI is InChI=1S/C24H24N6O3/c1-15-13-16(2)30(27-15)19-11-9-18(10-12-19)23(32)28(3)20-21(25)29(24(33)26-22(20)31)14-17-7-5-4-6-8-17/h4-13H,14,25H2,1-3H3,(H,26,31,33). The summed E-state index contributed by atoms with van der Waals surface area (Å²) in [5.74, 6) is -0.514. The van der Waals surface area contributed by atoms with Gasteiger partial charge in [-0.05, 0) is 49.7 Å². The summed E-state index contributed by atoms with van der Waals surface area (Å²) in [5, 5.41) is 4.44. The Morgan fingerprint density at radius 1 is 1.06 bits per heavy atom. The Morgan fingerprint density at radius 2 is 1.73 bits per heavy atom. The molecule has 0 fully saturated rings. The number of hydrogen-bond donors (Lipinski definition) is 2. The van der Waals surface area contributed by atoms with Crippen molar-refractivity contribution in [3.63, 3.8) is 0 Å². The van der Waals surface area contributed by atoms with Crippen molar-refractivity contribution in [2.45, 2.75) is 20.4 Å². The molecule has 0 saturated heterocycles.